The van der Waals surface area contributed by atoms with Crippen molar-refractivity contribution in [2.45, 2.75) is 94.7 Å². The number of benzene rings is 2. The van der Waals surface area contributed by atoms with Crippen molar-refractivity contribution >= 4 is 22.6 Å². The molecule has 2 aromatic carbocycles. The fourth-order valence-electron chi connectivity index (χ4n) is 6.80. The van der Waals surface area contributed by atoms with Gasteiger partial charge >= 0.3 is 18.3 Å². The average molecular weight is 572 g/mol. The molecule has 3 aliphatic rings. The third-order valence-corrected chi connectivity index (χ3v) is 8.73. The highest BCUT2D eigenvalue weighted by Crippen LogP contribution is 2.44. The summed E-state index contributed by atoms with van der Waals surface area (Å²) in [4.78, 5) is 26.6. The number of hydrogen-bond acceptors (Lipinski definition) is 3. The number of halogens is 6. The normalized spacial score (nSPS) is 27.4. The predicted molar refractivity (Wildman–Crippen MR) is 134 cm³/mol. The fourth-order valence-corrected chi connectivity index (χ4v) is 6.80. The molecule has 2 aromatic rings. The Hall–Kier alpha value is -2.98. The number of carbonyl (C=O) groups excluding carboxylic acids is 1. The Balaban J connectivity index is 1.34. The highest BCUT2D eigenvalue weighted by molar-refractivity contribution is 5.90. The van der Waals surface area contributed by atoms with Gasteiger partial charge in [-0.15, -0.1) is 0 Å². The van der Waals surface area contributed by atoms with Gasteiger partial charge in [-0.2, -0.15) is 26.3 Å². The van der Waals surface area contributed by atoms with E-state index in [0.717, 1.165) is 19.3 Å². The van der Waals surface area contributed by atoms with Crippen LogP contribution in [0.5, 0.6) is 5.75 Å². The molecule has 2 heterocycles. The Kier molecular flexibility index (Phi) is 7.69. The van der Waals surface area contributed by atoms with Crippen molar-refractivity contribution in [2.75, 3.05) is 0 Å². The van der Waals surface area contributed by atoms with E-state index in [4.69, 9.17) is 4.74 Å². The summed E-state index contributed by atoms with van der Waals surface area (Å²) in [6.07, 6.45) is -6.95. The van der Waals surface area contributed by atoms with Gasteiger partial charge in [-0.25, -0.2) is 0 Å². The maximum absolute atomic E-state index is 14.2. The molecule has 1 amide bonds. The van der Waals surface area contributed by atoms with Crippen LogP contribution in [0.4, 0.5) is 26.3 Å². The zero-order valence-corrected chi connectivity index (χ0v) is 21.7. The number of aliphatic carboxylic acids is 1. The zero-order valence-electron chi connectivity index (χ0n) is 21.7. The van der Waals surface area contributed by atoms with Crippen molar-refractivity contribution in [1.82, 2.24) is 4.90 Å². The van der Waals surface area contributed by atoms with Crippen LogP contribution in [0.25, 0.3) is 10.8 Å². The molecule has 1 N–H and O–H groups in total. The van der Waals surface area contributed by atoms with E-state index in [-0.39, 0.29) is 60.9 Å². The van der Waals surface area contributed by atoms with Crippen LogP contribution in [0.15, 0.2) is 30.3 Å². The number of alkyl halides is 6. The fraction of sp³-hybridized carbons (Fsp3) is 0.586. The van der Waals surface area contributed by atoms with Crippen molar-refractivity contribution in [1.29, 1.82) is 0 Å². The van der Waals surface area contributed by atoms with Gasteiger partial charge in [-0.3, -0.25) is 9.59 Å². The minimum atomic E-state index is -4.76. The highest BCUT2D eigenvalue weighted by atomic mass is 19.4. The third-order valence-electron chi connectivity index (χ3n) is 8.73. The molecule has 0 aromatic heterocycles. The number of carbonyl (C=O) groups is 2. The number of rotatable bonds is 5. The maximum Gasteiger partial charge on any atom is 0.420 e. The van der Waals surface area contributed by atoms with Crippen molar-refractivity contribution in [2.24, 2.45) is 11.8 Å². The van der Waals surface area contributed by atoms with Gasteiger partial charge in [0.05, 0.1) is 24.4 Å². The van der Waals surface area contributed by atoms with Gasteiger partial charge in [0.1, 0.15) is 11.3 Å². The quantitative estimate of drug-likeness (QED) is 0.388. The Morgan fingerprint density at radius 2 is 1.55 bits per heavy atom. The molecule has 218 valence electrons. The van der Waals surface area contributed by atoms with Gasteiger partial charge in [0.25, 0.3) is 0 Å². The van der Waals surface area contributed by atoms with Crippen LogP contribution in [0.1, 0.15) is 68.9 Å². The summed E-state index contributed by atoms with van der Waals surface area (Å²) in [6.45, 7) is 0. The van der Waals surface area contributed by atoms with Crippen LogP contribution >= 0.6 is 0 Å². The standard InChI is InChI=1S/C29H31F6NO4/c30-28(31,32)19-6-8-22(9-7-19)40-24-11-5-17-12-16(4-10-23(17)26(24)29(33,34)35)13-25(37)36-20-2-1-3-21(36)15-18(14-20)27(38)39/h4-5,10-12,18-22H,1-3,6-9,13-15H2,(H,38,39). The molecule has 1 saturated carbocycles. The molecule has 2 saturated heterocycles. The van der Waals surface area contributed by atoms with E-state index in [9.17, 15) is 41.0 Å². The van der Waals surface area contributed by atoms with Crippen LogP contribution < -0.4 is 4.74 Å². The zero-order chi connectivity index (χ0) is 28.8. The van der Waals surface area contributed by atoms with Crippen LogP contribution in [-0.2, 0) is 22.2 Å². The van der Waals surface area contributed by atoms with E-state index in [0.29, 0.717) is 18.4 Å². The Morgan fingerprint density at radius 1 is 0.900 bits per heavy atom. The second-order valence-electron chi connectivity index (χ2n) is 11.3. The summed E-state index contributed by atoms with van der Waals surface area (Å²) in [5.74, 6) is -3.36. The third kappa shape index (κ3) is 5.88. The molecule has 1 aliphatic carbocycles. The minimum absolute atomic E-state index is 0.0112. The summed E-state index contributed by atoms with van der Waals surface area (Å²) in [6, 6.07) is 6.71. The largest absolute Gasteiger partial charge is 0.490 e. The number of carboxylic acid groups (broad SMARTS) is 1. The molecule has 2 unspecified atom stereocenters. The van der Waals surface area contributed by atoms with Gasteiger partial charge in [0.2, 0.25) is 5.91 Å². The van der Waals surface area contributed by atoms with Crippen LogP contribution in [0.2, 0.25) is 0 Å². The molecule has 2 atom stereocenters. The first-order valence-corrected chi connectivity index (χ1v) is 13.7. The Bertz CT molecular complexity index is 1250. The van der Waals surface area contributed by atoms with E-state index in [1.165, 1.54) is 24.3 Å². The monoisotopic (exact) mass is 571 g/mol. The highest BCUT2D eigenvalue weighted by Gasteiger charge is 2.44. The molecule has 2 bridgehead atoms. The molecule has 2 aliphatic heterocycles. The Labute approximate surface area is 227 Å². The van der Waals surface area contributed by atoms with Crippen molar-refractivity contribution in [3.05, 3.63) is 41.5 Å². The lowest BCUT2D eigenvalue weighted by Crippen LogP contribution is -2.56. The van der Waals surface area contributed by atoms with Gasteiger partial charge in [-0.1, -0.05) is 24.3 Å². The predicted octanol–water partition coefficient (Wildman–Crippen LogP) is 7.15. The summed E-state index contributed by atoms with van der Waals surface area (Å²) >= 11 is 0. The van der Waals surface area contributed by atoms with Crippen molar-refractivity contribution in [3.8, 4) is 5.75 Å². The molecule has 5 rings (SSSR count). The summed E-state index contributed by atoms with van der Waals surface area (Å²) in [5, 5.41) is 9.62. The average Bonchev–Trinajstić information content (AvgIpc) is 2.86. The lowest BCUT2D eigenvalue weighted by Gasteiger charge is -2.48. The maximum atomic E-state index is 14.2. The second-order valence-corrected chi connectivity index (χ2v) is 11.3. The molecular weight excluding hydrogens is 540 g/mol. The van der Waals surface area contributed by atoms with E-state index < -0.39 is 47.6 Å². The lowest BCUT2D eigenvalue weighted by molar-refractivity contribution is -0.185. The number of amides is 1. The summed E-state index contributed by atoms with van der Waals surface area (Å²) in [5.41, 5.74) is -0.436. The molecule has 3 fully saturated rings. The number of carboxylic acids is 1. The molecule has 0 radical (unpaired) electrons. The van der Waals surface area contributed by atoms with Gasteiger partial charge in [-0.05, 0) is 80.2 Å². The SMILES string of the molecule is O=C(O)C1CC2CCCC(C1)N2C(=O)Cc1ccc2c(C(F)(F)F)c(OC3CCC(C(F)(F)F)CC3)ccc2c1. The van der Waals surface area contributed by atoms with Crippen LogP contribution in [-0.4, -0.2) is 46.2 Å². The van der Waals surface area contributed by atoms with Crippen molar-refractivity contribution in [3.63, 3.8) is 0 Å². The lowest BCUT2D eigenvalue weighted by atomic mass is 9.78. The smallest absolute Gasteiger partial charge is 0.420 e. The topological polar surface area (TPSA) is 66.8 Å². The molecule has 40 heavy (non-hydrogen) atoms. The molecule has 0 spiro atoms. The number of hydrogen-bond donors (Lipinski definition) is 1. The van der Waals surface area contributed by atoms with Gasteiger partial charge < -0.3 is 14.7 Å². The van der Waals surface area contributed by atoms with Gasteiger partial charge in [0, 0.05) is 12.1 Å². The molecule has 11 heteroatoms. The first kappa shape index (κ1) is 28.5. The minimum Gasteiger partial charge on any atom is -0.490 e. The summed E-state index contributed by atoms with van der Waals surface area (Å²) in [7, 11) is 0. The van der Waals surface area contributed by atoms with Crippen LogP contribution in [0, 0.1) is 11.8 Å². The van der Waals surface area contributed by atoms with Gasteiger partial charge in [0.15, 0.2) is 0 Å². The van der Waals surface area contributed by atoms with E-state index >= 15 is 0 Å². The first-order chi connectivity index (χ1) is 18.8. The summed E-state index contributed by atoms with van der Waals surface area (Å²) < 4.78 is 87.1. The van der Waals surface area contributed by atoms with Crippen molar-refractivity contribution < 1.29 is 45.8 Å². The number of ether oxygens (including phenoxy) is 1. The number of fused-ring (bicyclic) bond motifs is 3. The second kappa shape index (κ2) is 10.8. The first-order valence-electron chi connectivity index (χ1n) is 13.7. The Morgan fingerprint density at radius 3 is 2.12 bits per heavy atom. The number of nitrogens with zero attached hydrogens (tertiary/aromatic N) is 1. The number of piperidine rings is 2. The molecular formula is C29H31F6NO4. The van der Waals surface area contributed by atoms with Crippen LogP contribution in [0.3, 0.4) is 0 Å². The van der Waals surface area contributed by atoms with E-state index in [1.807, 2.05) is 0 Å². The van der Waals surface area contributed by atoms with E-state index in [2.05, 4.69) is 0 Å². The van der Waals surface area contributed by atoms with E-state index in [1.54, 1.807) is 11.0 Å². The molecule has 5 nitrogen and oxygen atoms in total.